The van der Waals surface area contributed by atoms with Crippen molar-refractivity contribution in [1.29, 1.82) is 0 Å². The minimum atomic E-state index is -1.01. The van der Waals surface area contributed by atoms with Gasteiger partial charge in [-0.25, -0.2) is 4.79 Å². The minimum absolute atomic E-state index is 0.0593. The second-order valence-electron chi connectivity index (χ2n) is 9.19. The van der Waals surface area contributed by atoms with E-state index in [1.807, 2.05) is 50.2 Å². The molecule has 4 rings (SSSR count). The Morgan fingerprint density at radius 1 is 1.06 bits per heavy atom. The molecule has 2 N–H and O–H groups in total. The number of likely N-dealkylation sites (N-methyl/N-ethyl adjacent to an activating group) is 1. The standard InChI is InChI=1S/C26H30N2O6/c1-15(2)23(24(29)28(3)22-14-33-12-21(22)25(30)31)27-26(32)34-13-20-18-10-6-4-8-16(18)17-9-5-7-11-19(17)20/h4-11,15,20-23H,12-14H2,1-3H3,(H,27,32)(H,30,31)/t21?,22?,23-/m0/s1. The number of aliphatic carboxylic acids is 1. The van der Waals surface area contributed by atoms with Crippen molar-refractivity contribution < 1.29 is 29.0 Å². The average molecular weight is 467 g/mol. The van der Waals surface area contributed by atoms with Crippen LogP contribution in [0.15, 0.2) is 48.5 Å². The number of carboxylic acid groups (broad SMARTS) is 1. The van der Waals surface area contributed by atoms with Gasteiger partial charge in [0.15, 0.2) is 0 Å². The van der Waals surface area contributed by atoms with E-state index in [2.05, 4.69) is 17.4 Å². The van der Waals surface area contributed by atoms with E-state index in [0.717, 1.165) is 22.3 Å². The summed E-state index contributed by atoms with van der Waals surface area (Å²) in [4.78, 5) is 38.8. The van der Waals surface area contributed by atoms with E-state index in [1.54, 1.807) is 7.05 Å². The summed E-state index contributed by atoms with van der Waals surface area (Å²) in [6, 6.07) is 14.7. The number of carbonyl (C=O) groups is 3. The van der Waals surface area contributed by atoms with E-state index in [-0.39, 0.29) is 37.6 Å². The molecule has 1 aliphatic heterocycles. The lowest BCUT2D eigenvalue weighted by atomic mass is 9.98. The molecule has 3 atom stereocenters. The van der Waals surface area contributed by atoms with Gasteiger partial charge in [0.05, 0.1) is 19.3 Å². The molecule has 34 heavy (non-hydrogen) atoms. The van der Waals surface area contributed by atoms with Crippen molar-refractivity contribution >= 4 is 18.0 Å². The first-order chi connectivity index (χ1) is 16.3. The van der Waals surface area contributed by atoms with E-state index >= 15 is 0 Å². The largest absolute Gasteiger partial charge is 0.481 e. The maximum Gasteiger partial charge on any atom is 0.407 e. The summed E-state index contributed by atoms with van der Waals surface area (Å²) in [5, 5.41) is 12.1. The summed E-state index contributed by atoms with van der Waals surface area (Å²) in [6.07, 6.45) is -0.681. The predicted molar refractivity (Wildman–Crippen MR) is 125 cm³/mol. The molecule has 2 unspecified atom stereocenters. The lowest BCUT2D eigenvalue weighted by Gasteiger charge is -2.31. The number of nitrogens with zero attached hydrogens (tertiary/aromatic N) is 1. The number of hydrogen-bond donors (Lipinski definition) is 2. The predicted octanol–water partition coefficient (Wildman–Crippen LogP) is 3.11. The smallest absolute Gasteiger partial charge is 0.407 e. The molecule has 2 aromatic rings. The number of rotatable bonds is 7. The SMILES string of the molecule is CC(C)[C@H](NC(=O)OCC1c2ccccc2-c2ccccc21)C(=O)N(C)C1COCC1C(=O)O. The van der Waals surface area contributed by atoms with Crippen LogP contribution in [0.25, 0.3) is 11.1 Å². The third-order valence-corrected chi connectivity index (χ3v) is 6.76. The van der Waals surface area contributed by atoms with E-state index in [4.69, 9.17) is 9.47 Å². The number of carboxylic acids is 1. The van der Waals surface area contributed by atoms with Crippen molar-refractivity contribution in [2.75, 3.05) is 26.9 Å². The summed E-state index contributed by atoms with van der Waals surface area (Å²) < 4.78 is 10.9. The summed E-state index contributed by atoms with van der Waals surface area (Å²) in [5.74, 6) is -2.48. The average Bonchev–Trinajstić information content (AvgIpc) is 3.44. The fourth-order valence-electron chi connectivity index (χ4n) is 4.82. The molecule has 2 aromatic carbocycles. The van der Waals surface area contributed by atoms with Crippen LogP contribution in [0, 0.1) is 11.8 Å². The Labute approximate surface area is 198 Å². The number of fused-ring (bicyclic) bond motifs is 3. The third-order valence-electron chi connectivity index (χ3n) is 6.76. The second-order valence-corrected chi connectivity index (χ2v) is 9.19. The van der Waals surface area contributed by atoms with Crippen molar-refractivity contribution in [3.05, 3.63) is 59.7 Å². The molecule has 0 aromatic heterocycles. The quantitative estimate of drug-likeness (QED) is 0.650. The van der Waals surface area contributed by atoms with E-state index in [9.17, 15) is 19.5 Å². The van der Waals surface area contributed by atoms with Crippen molar-refractivity contribution in [3.8, 4) is 11.1 Å². The molecule has 0 spiro atoms. The zero-order valence-electron chi connectivity index (χ0n) is 19.6. The highest BCUT2D eigenvalue weighted by molar-refractivity contribution is 5.87. The first-order valence-electron chi connectivity index (χ1n) is 11.5. The maximum absolute atomic E-state index is 13.2. The van der Waals surface area contributed by atoms with Crippen molar-refractivity contribution in [1.82, 2.24) is 10.2 Å². The van der Waals surface area contributed by atoms with Gasteiger partial charge >= 0.3 is 12.1 Å². The van der Waals surface area contributed by atoms with Crippen LogP contribution < -0.4 is 5.32 Å². The summed E-state index contributed by atoms with van der Waals surface area (Å²) in [7, 11) is 1.55. The molecule has 1 aliphatic carbocycles. The number of amides is 2. The van der Waals surface area contributed by atoms with Gasteiger partial charge in [0, 0.05) is 13.0 Å². The fourth-order valence-corrected chi connectivity index (χ4v) is 4.82. The number of nitrogens with one attached hydrogen (secondary N) is 1. The van der Waals surface area contributed by atoms with Gasteiger partial charge in [-0.3, -0.25) is 9.59 Å². The van der Waals surface area contributed by atoms with Crippen LogP contribution in [0.3, 0.4) is 0 Å². The van der Waals surface area contributed by atoms with Crippen LogP contribution in [-0.2, 0) is 19.1 Å². The number of carbonyl (C=O) groups excluding carboxylic acids is 2. The van der Waals surface area contributed by atoms with Gasteiger partial charge in [-0.2, -0.15) is 0 Å². The normalized spacial score (nSPS) is 19.9. The number of benzene rings is 2. The Hall–Kier alpha value is -3.39. The Balaban J connectivity index is 1.42. The van der Waals surface area contributed by atoms with Crippen molar-refractivity contribution in [2.45, 2.75) is 31.8 Å². The van der Waals surface area contributed by atoms with Crippen LogP contribution in [0.5, 0.6) is 0 Å². The van der Waals surface area contributed by atoms with Crippen LogP contribution in [-0.4, -0.2) is 66.9 Å². The molecule has 0 bridgehead atoms. The van der Waals surface area contributed by atoms with E-state index in [1.165, 1.54) is 4.90 Å². The van der Waals surface area contributed by atoms with Gasteiger partial charge < -0.3 is 24.8 Å². The maximum atomic E-state index is 13.2. The Morgan fingerprint density at radius 3 is 2.21 bits per heavy atom. The van der Waals surface area contributed by atoms with Crippen LogP contribution in [0.2, 0.25) is 0 Å². The highest BCUT2D eigenvalue weighted by atomic mass is 16.5. The molecule has 0 radical (unpaired) electrons. The molecule has 2 aliphatic rings. The molecular formula is C26H30N2O6. The fraction of sp³-hybridized carbons (Fsp3) is 0.423. The zero-order valence-corrected chi connectivity index (χ0v) is 19.6. The van der Waals surface area contributed by atoms with Gasteiger partial charge in [0.2, 0.25) is 5.91 Å². The molecule has 0 saturated carbocycles. The first kappa shape index (κ1) is 23.8. The monoisotopic (exact) mass is 466 g/mol. The zero-order chi connectivity index (χ0) is 24.4. The third kappa shape index (κ3) is 4.50. The molecular weight excluding hydrogens is 436 g/mol. The molecule has 1 heterocycles. The molecule has 1 fully saturated rings. The van der Waals surface area contributed by atoms with Crippen LogP contribution in [0.4, 0.5) is 4.79 Å². The van der Waals surface area contributed by atoms with Crippen LogP contribution >= 0.6 is 0 Å². The van der Waals surface area contributed by atoms with Gasteiger partial charge in [-0.1, -0.05) is 62.4 Å². The Morgan fingerprint density at radius 2 is 1.65 bits per heavy atom. The highest BCUT2D eigenvalue weighted by Crippen LogP contribution is 2.44. The van der Waals surface area contributed by atoms with Gasteiger partial charge in [0.1, 0.15) is 18.6 Å². The van der Waals surface area contributed by atoms with Gasteiger partial charge in [-0.05, 0) is 28.2 Å². The Bertz CT molecular complexity index is 1040. The number of hydrogen-bond acceptors (Lipinski definition) is 5. The summed E-state index contributed by atoms with van der Waals surface area (Å²) >= 11 is 0. The van der Waals surface area contributed by atoms with Crippen LogP contribution in [0.1, 0.15) is 30.9 Å². The highest BCUT2D eigenvalue weighted by Gasteiger charge is 2.41. The van der Waals surface area contributed by atoms with E-state index in [0.29, 0.717) is 0 Å². The number of alkyl carbamates (subject to hydrolysis) is 1. The van der Waals surface area contributed by atoms with Crippen molar-refractivity contribution in [2.24, 2.45) is 11.8 Å². The summed E-state index contributed by atoms with van der Waals surface area (Å²) in [6.45, 7) is 3.99. The first-order valence-corrected chi connectivity index (χ1v) is 11.5. The molecule has 2 amide bonds. The van der Waals surface area contributed by atoms with Gasteiger partial charge in [-0.15, -0.1) is 0 Å². The lowest BCUT2D eigenvalue weighted by molar-refractivity contribution is -0.145. The van der Waals surface area contributed by atoms with E-state index < -0.39 is 30.1 Å². The lowest BCUT2D eigenvalue weighted by Crippen LogP contribution is -2.54. The molecule has 180 valence electrons. The molecule has 8 nitrogen and oxygen atoms in total. The van der Waals surface area contributed by atoms with Gasteiger partial charge in [0.25, 0.3) is 0 Å². The molecule has 1 saturated heterocycles. The second kappa shape index (κ2) is 9.85. The number of ether oxygens (including phenoxy) is 2. The Kier molecular flexibility index (Phi) is 6.88. The van der Waals surface area contributed by atoms with Crippen molar-refractivity contribution in [3.63, 3.8) is 0 Å². The molecule has 8 heteroatoms. The topological polar surface area (TPSA) is 105 Å². The summed E-state index contributed by atoms with van der Waals surface area (Å²) in [5.41, 5.74) is 4.48. The minimum Gasteiger partial charge on any atom is -0.481 e.